The van der Waals surface area contributed by atoms with Crippen molar-refractivity contribution < 1.29 is 32.1 Å². The van der Waals surface area contributed by atoms with E-state index in [0.717, 1.165) is 0 Å². The second-order valence-corrected chi connectivity index (χ2v) is 5.05. The van der Waals surface area contributed by atoms with Gasteiger partial charge in [-0.2, -0.15) is 0 Å². The first-order chi connectivity index (χ1) is 11.8. The van der Waals surface area contributed by atoms with Crippen molar-refractivity contribution in [2.45, 2.75) is 12.4 Å². The maximum absolute atomic E-state index is 12.2. The van der Waals surface area contributed by atoms with E-state index >= 15 is 0 Å². The number of nitrogens with two attached hydrogens (primary N) is 1. The lowest BCUT2D eigenvalue weighted by atomic mass is 9.98. The summed E-state index contributed by atoms with van der Waals surface area (Å²) in [7, 11) is 4.45. The van der Waals surface area contributed by atoms with E-state index in [1.54, 1.807) is 12.1 Å². The molecule has 2 N–H and O–H groups in total. The highest BCUT2D eigenvalue weighted by Gasteiger charge is 2.31. The standard InChI is InChI=1S/C17H18F3NO4/c1-22-13-8-11(9-14(23-2)16(13)24-3)15(21)10-4-6-12(7-5-10)25-17(18,19)20/h4-9,15H,21H2,1-3H3/t15-/m0/s1. The van der Waals surface area contributed by atoms with Crippen molar-refractivity contribution in [3.05, 3.63) is 47.5 Å². The molecule has 2 aromatic carbocycles. The topological polar surface area (TPSA) is 62.9 Å². The van der Waals surface area contributed by atoms with E-state index in [1.807, 2.05) is 0 Å². The second-order valence-electron chi connectivity index (χ2n) is 5.05. The molecule has 0 bridgehead atoms. The first-order valence-corrected chi connectivity index (χ1v) is 7.20. The van der Waals surface area contributed by atoms with Crippen LogP contribution in [0.1, 0.15) is 17.2 Å². The van der Waals surface area contributed by atoms with E-state index in [0.29, 0.717) is 28.4 Å². The molecule has 0 radical (unpaired) electrons. The van der Waals surface area contributed by atoms with Crippen molar-refractivity contribution in [3.8, 4) is 23.0 Å². The molecule has 0 saturated carbocycles. The molecule has 25 heavy (non-hydrogen) atoms. The highest BCUT2D eigenvalue weighted by atomic mass is 19.4. The molecule has 0 unspecified atom stereocenters. The molecule has 0 fully saturated rings. The van der Waals surface area contributed by atoms with Gasteiger partial charge >= 0.3 is 6.36 Å². The lowest BCUT2D eigenvalue weighted by Gasteiger charge is -2.18. The fraction of sp³-hybridized carbons (Fsp3) is 0.294. The van der Waals surface area contributed by atoms with Gasteiger partial charge in [0.25, 0.3) is 0 Å². The summed E-state index contributed by atoms with van der Waals surface area (Å²) in [5.41, 5.74) is 7.47. The summed E-state index contributed by atoms with van der Waals surface area (Å²) in [6.07, 6.45) is -4.74. The SMILES string of the molecule is COc1cc([C@@H](N)c2ccc(OC(F)(F)F)cc2)cc(OC)c1OC. The monoisotopic (exact) mass is 357 g/mol. The summed E-state index contributed by atoms with van der Waals surface area (Å²) < 4.78 is 56.3. The maximum atomic E-state index is 12.2. The number of halogens is 3. The van der Waals surface area contributed by atoms with Crippen LogP contribution in [0.25, 0.3) is 0 Å². The molecule has 0 spiro atoms. The summed E-state index contributed by atoms with van der Waals surface area (Å²) in [6.45, 7) is 0. The Labute approximate surface area is 143 Å². The lowest BCUT2D eigenvalue weighted by molar-refractivity contribution is -0.274. The molecule has 0 aliphatic carbocycles. The van der Waals surface area contributed by atoms with Gasteiger partial charge in [-0.1, -0.05) is 12.1 Å². The fourth-order valence-electron chi connectivity index (χ4n) is 2.35. The van der Waals surface area contributed by atoms with Gasteiger partial charge in [-0.3, -0.25) is 0 Å². The Balaban J connectivity index is 2.32. The number of ether oxygens (including phenoxy) is 4. The van der Waals surface area contributed by atoms with Crippen molar-refractivity contribution in [1.82, 2.24) is 0 Å². The molecular weight excluding hydrogens is 339 g/mol. The Morgan fingerprint density at radius 2 is 1.36 bits per heavy atom. The van der Waals surface area contributed by atoms with Crippen LogP contribution in [0, 0.1) is 0 Å². The van der Waals surface area contributed by atoms with Crippen LogP contribution in [-0.4, -0.2) is 27.7 Å². The van der Waals surface area contributed by atoms with Crippen molar-refractivity contribution >= 4 is 0 Å². The number of rotatable bonds is 6. The number of alkyl halides is 3. The summed E-state index contributed by atoms with van der Waals surface area (Å²) in [5.74, 6) is 0.983. The zero-order chi connectivity index (χ0) is 18.6. The van der Waals surface area contributed by atoms with E-state index in [9.17, 15) is 13.2 Å². The van der Waals surface area contributed by atoms with Crippen LogP contribution < -0.4 is 24.7 Å². The first-order valence-electron chi connectivity index (χ1n) is 7.20. The molecule has 5 nitrogen and oxygen atoms in total. The molecule has 1 atom stereocenters. The first kappa shape index (κ1) is 18.7. The smallest absolute Gasteiger partial charge is 0.493 e. The third kappa shape index (κ3) is 4.48. The van der Waals surface area contributed by atoms with Gasteiger partial charge in [-0.15, -0.1) is 13.2 Å². The van der Waals surface area contributed by atoms with E-state index in [2.05, 4.69) is 4.74 Å². The molecule has 0 aliphatic rings. The van der Waals surface area contributed by atoms with E-state index in [1.165, 1.54) is 45.6 Å². The summed E-state index contributed by atoms with van der Waals surface area (Å²) in [6, 6.07) is 8.12. The van der Waals surface area contributed by atoms with Crippen molar-refractivity contribution in [2.75, 3.05) is 21.3 Å². The number of methoxy groups -OCH3 is 3. The minimum absolute atomic E-state index is 0.312. The molecule has 2 rings (SSSR count). The summed E-state index contributed by atoms with van der Waals surface area (Å²) in [4.78, 5) is 0. The van der Waals surface area contributed by atoms with Crippen LogP contribution >= 0.6 is 0 Å². The largest absolute Gasteiger partial charge is 0.573 e. The van der Waals surface area contributed by atoms with Gasteiger partial charge in [0.15, 0.2) is 11.5 Å². The van der Waals surface area contributed by atoms with Gasteiger partial charge in [0.1, 0.15) is 5.75 Å². The predicted molar refractivity (Wildman–Crippen MR) is 85.3 cm³/mol. The Hall–Kier alpha value is -2.61. The second kappa shape index (κ2) is 7.52. The van der Waals surface area contributed by atoms with Crippen LogP contribution in [0.15, 0.2) is 36.4 Å². The number of benzene rings is 2. The number of hydrogen-bond donors (Lipinski definition) is 1. The maximum Gasteiger partial charge on any atom is 0.573 e. The van der Waals surface area contributed by atoms with Gasteiger partial charge < -0.3 is 24.7 Å². The van der Waals surface area contributed by atoms with Crippen molar-refractivity contribution in [2.24, 2.45) is 5.73 Å². The van der Waals surface area contributed by atoms with Crippen LogP contribution in [0.3, 0.4) is 0 Å². The average molecular weight is 357 g/mol. The third-order valence-electron chi connectivity index (χ3n) is 3.52. The average Bonchev–Trinajstić information content (AvgIpc) is 2.59. The van der Waals surface area contributed by atoms with Gasteiger partial charge in [0.2, 0.25) is 5.75 Å². The van der Waals surface area contributed by atoms with Crippen molar-refractivity contribution in [3.63, 3.8) is 0 Å². The highest BCUT2D eigenvalue weighted by Crippen LogP contribution is 2.40. The molecule has 0 aromatic heterocycles. The zero-order valence-corrected chi connectivity index (χ0v) is 13.9. The van der Waals surface area contributed by atoms with Gasteiger partial charge in [-0.05, 0) is 35.4 Å². The Morgan fingerprint density at radius 3 is 1.76 bits per heavy atom. The van der Waals surface area contributed by atoms with Gasteiger partial charge in [-0.25, -0.2) is 0 Å². The Morgan fingerprint density at radius 1 is 0.840 bits per heavy atom. The van der Waals surface area contributed by atoms with Crippen molar-refractivity contribution in [1.29, 1.82) is 0 Å². The molecular formula is C17H18F3NO4. The van der Waals surface area contributed by atoms with Gasteiger partial charge in [0, 0.05) is 0 Å². The van der Waals surface area contributed by atoms with Crippen LogP contribution in [0.4, 0.5) is 13.2 Å². The highest BCUT2D eigenvalue weighted by molar-refractivity contribution is 5.55. The third-order valence-corrected chi connectivity index (χ3v) is 3.52. The summed E-state index contributed by atoms with van der Waals surface area (Å²) >= 11 is 0. The molecule has 2 aromatic rings. The normalized spacial score (nSPS) is 12.4. The number of hydrogen-bond acceptors (Lipinski definition) is 5. The Bertz CT molecular complexity index is 692. The molecule has 0 saturated heterocycles. The zero-order valence-electron chi connectivity index (χ0n) is 13.9. The molecule has 8 heteroatoms. The molecule has 0 heterocycles. The minimum Gasteiger partial charge on any atom is -0.493 e. The van der Waals surface area contributed by atoms with E-state index < -0.39 is 12.4 Å². The fourth-order valence-corrected chi connectivity index (χ4v) is 2.35. The Kier molecular flexibility index (Phi) is 5.63. The quantitative estimate of drug-likeness (QED) is 0.855. The molecule has 0 aliphatic heterocycles. The molecule has 136 valence electrons. The lowest BCUT2D eigenvalue weighted by Crippen LogP contribution is -2.17. The van der Waals surface area contributed by atoms with Crippen LogP contribution in [0.5, 0.6) is 23.0 Å². The van der Waals surface area contributed by atoms with Crippen LogP contribution in [0.2, 0.25) is 0 Å². The van der Waals surface area contributed by atoms with E-state index in [-0.39, 0.29) is 5.75 Å². The van der Waals surface area contributed by atoms with Gasteiger partial charge in [0.05, 0.1) is 27.4 Å². The predicted octanol–water partition coefficient (Wildman–Crippen LogP) is 3.66. The van der Waals surface area contributed by atoms with Crippen LogP contribution in [-0.2, 0) is 0 Å². The minimum atomic E-state index is -4.74. The van der Waals surface area contributed by atoms with E-state index in [4.69, 9.17) is 19.9 Å². The summed E-state index contributed by atoms with van der Waals surface area (Å²) in [5, 5.41) is 0. The molecule has 0 amide bonds.